The SMILES string of the molecule is CCCc1nc(NCC)c(C)c(NC(CC)CC)n1. The normalized spacial score (nSPS) is 10.8. The average molecular weight is 264 g/mol. The van der Waals surface area contributed by atoms with Crippen molar-refractivity contribution in [3.05, 3.63) is 11.4 Å². The van der Waals surface area contributed by atoms with Gasteiger partial charge in [-0.2, -0.15) is 0 Å². The van der Waals surface area contributed by atoms with Gasteiger partial charge in [0.05, 0.1) is 0 Å². The van der Waals surface area contributed by atoms with Crippen molar-refractivity contribution in [1.82, 2.24) is 9.97 Å². The van der Waals surface area contributed by atoms with Crippen molar-refractivity contribution >= 4 is 11.6 Å². The van der Waals surface area contributed by atoms with Crippen molar-refractivity contribution in [3.63, 3.8) is 0 Å². The summed E-state index contributed by atoms with van der Waals surface area (Å²) in [6, 6.07) is 0.484. The first-order valence-electron chi connectivity index (χ1n) is 7.54. The molecule has 0 aliphatic rings. The van der Waals surface area contributed by atoms with Crippen molar-refractivity contribution in [1.29, 1.82) is 0 Å². The summed E-state index contributed by atoms with van der Waals surface area (Å²) in [6.45, 7) is 11.6. The topological polar surface area (TPSA) is 49.8 Å². The molecule has 1 rings (SSSR count). The Morgan fingerprint density at radius 2 is 1.63 bits per heavy atom. The first kappa shape index (κ1) is 15.7. The van der Waals surface area contributed by atoms with Crippen LogP contribution in [-0.2, 0) is 6.42 Å². The Balaban J connectivity index is 3.05. The highest BCUT2D eigenvalue weighted by atomic mass is 15.1. The fourth-order valence-electron chi connectivity index (χ4n) is 2.06. The van der Waals surface area contributed by atoms with Crippen LogP contribution in [-0.4, -0.2) is 22.6 Å². The lowest BCUT2D eigenvalue weighted by Crippen LogP contribution is -2.20. The molecule has 0 atom stereocenters. The third-order valence-electron chi connectivity index (χ3n) is 3.34. The lowest BCUT2D eigenvalue weighted by atomic mass is 10.1. The Morgan fingerprint density at radius 1 is 1.00 bits per heavy atom. The fraction of sp³-hybridized carbons (Fsp3) is 0.733. The predicted octanol–water partition coefficient (Wildman–Crippen LogP) is 3.77. The third-order valence-corrected chi connectivity index (χ3v) is 3.34. The van der Waals surface area contributed by atoms with Crippen molar-refractivity contribution in [2.75, 3.05) is 17.2 Å². The van der Waals surface area contributed by atoms with Gasteiger partial charge in [0.1, 0.15) is 17.5 Å². The molecule has 4 nitrogen and oxygen atoms in total. The zero-order chi connectivity index (χ0) is 14.3. The van der Waals surface area contributed by atoms with E-state index in [9.17, 15) is 0 Å². The van der Waals surface area contributed by atoms with E-state index in [-0.39, 0.29) is 0 Å². The van der Waals surface area contributed by atoms with Crippen LogP contribution in [0.15, 0.2) is 0 Å². The van der Waals surface area contributed by atoms with Crippen molar-refractivity contribution in [2.24, 2.45) is 0 Å². The van der Waals surface area contributed by atoms with E-state index in [1.165, 1.54) is 0 Å². The van der Waals surface area contributed by atoms with Gasteiger partial charge in [-0.05, 0) is 33.1 Å². The van der Waals surface area contributed by atoms with Gasteiger partial charge in [-0.3, -0.25) is 0 Å². The van der Waals surface area contributed by atoms with Gasteiger partial charge in [-0.1, -0.05) is 20.8 Å². The van der Waals surface area contributed by atoms with Gasteiger partial charge in [0.2, 0.25) is 0 Å². The summed E-state index contributed by atoms with van der Waals surface area (Å²) < 4.78 is 0. The van der Waals surface area contributed by atoms with Crippen LogP contribution in [0.4, 0.5) is 11.6 Å². The number of nitrogens with one attached hydrogen (secondary N) is 2. The number of hydrogen-bond donors (Lipinski definition) is 2. The van der Waals surface area contributed by atoms with Gasteiger partial charge in [0, 0.05) is 24.6 Å². The molecule has 0 amide bonds. The lowest BCUT2D eigenvalue weighted by Gasteiger charge is -2.19. The minimum atomic E-state index is 0.484. The first-order chi connectivity index (χ1) is 9.15. The minimum Gasteiger partial charge on any atom is -0.370 e. The molecule has 0 aromatic carbocycles. The molecule has 0 aliphatic heterocycles. The molecule has 0 bridgehead atoms. The Kier molecular flexibility index (Phi) is 6.60. The predicted molar refractivity (Wildman–Crippen MR) is 82.9 cm³/mol. The quantitative estimate of drug-likeness (QED) is 0.750. The molecule has 19 heavy (non-hydrogen) atoms. The van der Waals surface area contributed by atoms with Crippen LogP contribution in [0.2, 0.25) is 0 Å². The van der Waals surface area contributed by atoms with Crippen molar-refractivity contribution < 1.29 is 0 Å². The van der Waals surface area contributed by atoms with E-state index in [4.69, 9.17) is 0 Å². The van der Waals surface area contributed by atoms with Crippen LogP contribution in [0.5, 0.6) is 0 Å². The summed E-state index contributed by atoms with van der Waals surface area (Å²) in [6.07, 6.45) is 4.22. The van der Waals surface area contributed by atoms with E-state index in [0.29, 0.717) is 6.04 Å². The molecule has 0 spiro atoms. The standard InChI is InChI=1S/C15H28N4/c1-6-10-13-18-14(16-9-4)11(5)15(19-13)17-12(7-2)8-3/h12H,6-10H2,1-5H3,(H2,16,17,18,19). The zero-order valence-corrected chi connectivity index (χ0v) is 13.0. The first-order valence-corrected chi connectivity index (χ1v) is 7.54. The zero-order valence-electron chi connectivity index (χ0n) is 13.0. The van der Waals surface area contributed by atoms with E-state index in [1.54, 1.807) is 0 Å². The Bertz CT molecular complexity index is 386. The number of aromatic nitrogens is 2. The maximum atomic E-state index is 4.68. The van der Waals surface area contributed by atoms with Gasteiger partial charge in [0.25, 0.3) is 0 Å². The summed E-state index contributed by atoms with van der Waals surface area (Å²) in [5.74, 6) is 2.88. The van der Waals surface area contributed by atoms with Crippen LogP contribution in [0.1, 0.15) is 58.3 Å². The number of hydrogen-bond acceptors (Lipinski definition) is 4. The van der Waals surface area contributed by atoms with Gasteiger partial charge in [-0.25, -0.2) is 9.97 Å². The van der Waals surface area contributed by atoms with Crippen LogP contribution in [0.25, 0.3) is 0 Å². The Hall–Kier alpha value is -1.32. The van der Waals surface area contributed by atoms with Crippen LogP contribution < -0.4 is 10.6 Å². The second-order valence-corrected chi connectivity index (χ2v) is 4.90. The highest BCUT2D eigenvalue weighted by molar-refractivity contribution is 5.57. The van der Waals surface area contributed by atoms with Gasteiger partial charge < -0.3 is 10.6 Å². The molecule has 0 radical (unpaired) electrons. The number of nitrogens with zero attached hydrogens (tertiary/aromatic N) is 2. The lowest BCUT2D eigenvalue weighted by molar-refractivity contribution is 0.665. The molecule has 0 aliphatic carbocycles. The third kappa shape index (κ3) is 4.37. The molecule has 0 fully saturated rings. The maximum absolute atomic E-state index is 4.68. The summed E-state index contributed by atoms with van der Waals surface area (Å²) in [7, 11) is 0. The van der Waals surface area contributed by atoms with Crippen LogP contribution in [0.3, 0.4) is 0 Å². The van der Waals surface area contributed by atoms with Crippen molar-refractivity contribution in [3.8, 4) is 0 Å². The van der Waals surface area contributed by atoms with Gasteiger partial charge >= 0.3 is 0 Å². The minimum absolute atomic E-state index is 0.484. The molecule has 2 N–H and O–H groups in total. The molecule has 4 heteroatoms. The second kappa shape index (κ2) is 7.97. The molecule has 0 unspecified atom stereocenters. The Morgan fingerprint density at radius 3 is 2.16 bits per heavy atom. The maximum Gasteiger partial charge on any atom is 0.134 e. The fourth-order valence-corrected chi connectivity index (χ4v) is 2.06. The summed E-state index contributed by atoms with van der Waals surface area (Å²) in [5, 5.41) is 6.89. The Labute approximate surface area is 117 Å². The van der Waals surface area contributed by atoms with Gasteiger partial charge in [-0.15, -0.1) is 0 Å². The largest absolute Gasteiger partial charge is 0.370 e. The molecular formula is C15H28N4. The van der Waals surface area contributed by atoms with Gasteiger partial charge in [0.15, 0.2) is 0 Å². The summed E-state index contributed by atoms with van der Waals surface area (Å²) >= 11 is 0. The molecule has 108 valence electrons. The van der Waals surface area contributed by atoms with E-state index in [2.05, 4.69) is 55.2 Å². The number of rotatable bonds is 8. The molecule has 1 aromatic heterocycles. The average Bonchev–Trinajstić information content (AvgIpc) is 2.41. The number of anilines is 2. The van der Waals surface area contributed by atoms with Crippen molar-refractivity contribution in [2.45, 2.75) is 66.3 Å². The van der Waals surface area contributed by atoms with E-state index < -0.39 is 0 Å². The highest BCUT2D eigenvalue weighted by Gasteiger charge is 2.12. The van der Waals surface area contributed by atoms with E-state index in [1.807, 2.05) is 0 Å². The monoisotopic (exact) mass is 264 g/mol. The molecule has 1 heterocycles. The van der Waals surface area contributed by atoms with Crippen LogP contribution >= 0.6 is 0 Å². The molecule has 0 saturated carbocycles. The second-order valence-electron chi connectivity index (χ2n) is 4.90. The summed E-state index contributed by atoms with van der Waals surface area (Å²) in [5.41, 5.74) is 1.12. The molecule has 1 aromatic rings. The highest BCUT2D eigenvalue weighted by Crippen LogP contribution is 2.22. The number of aryl methyl sites for hydroxylation is 1. The molecular weight excluding hydrogens is 236 g/mol. The van der Waals surface area contributed by atoms with E-state index >= 15 is 0 Å². The molecule has 0 saturated heterocycles. The smallest absolute Gasteiger partial charge is 0.134 e. The van der Waals surface area contributed by atoms with Crippen LogP contribution in [0, 0.1) is 6.92 Å². The summed E-state index contributed by atoms with van der Waals surface area (Å²) in [4.78, 5) is 9.29. The van der Waals surface area contributed by atoms with E-state index in [0.717, 1.165) is 55.3 Å².